The van der Waals surface area contributed by atoms with E-state index in [0.29, 0.717) is 40.7 Å². The summed E-state index contributed by atoms with van der Waals surface area (Å²) in [4.78, 5) is 27.2. The number of hydrogen-bond acceptors (Lipinski definition) is 4. The monoisotopic (exact) mass is 410 g/mol. The zero-order chi connectivity index (χ0) is 20.8. The summed E-state index contributed by atoms with van der Waals surface area (Å²) in [5.74, 6) is 0.0298. The van der Waals surface area contributed by atoms with Crippen LogP contribution in [0.2, 0.25) is 0 Å². The van der Waals surface area contributed by atoms with Gasteiger partial charge in [0, 0.05) is 39.8 Å². The topological polar surface area (TPSA) is 96.1 Å². The Morgan fingerprint density at radius 3 is 2.52 bits per heavy atom. The van der Waals surface area contributed by atoms with Gasteiger partial charge in [0.25, 0.3) is 10.0 Å². The summed E-state index contributed by atoms with van der Waals surface area (Å²) in [7, 11) is -3.84. The molecule has 150 valence electrons. The number of aromatic amines is 1. The Morgan fingerprint density at radius 2 is 1.86 bits per heavy atom. The number of carbonyl (C=O) groups is 2. The molecule has 0 saturated heterocycles. The summed E-state index contributed by atoms with van der Waals surface area (Å²) in [6.07, 6.45) is 2.64. The van der Waals surface area contributed by atoms with E-state index in [1.165, 1.54) is 6.92 Å². The summed E-state index contributed by atoms with van der Waals surface area (Å²) in [5.41, 5.74) is 3.82. The van der Waals surface area contributed by atoms with E-state index in [1.807, 2.05) is 13.0 Å². The van der Waals surface area contributed by atoms with Gasteiger partial charge in [-0.15, -0.1) is 0 Å². The Kier molecular flexibility index (Phi) is 4.78. The Morgan fingerprint density at radius 1 is 1.14 bits per heavy atom. The van der Waals surface area contributed by atoms with Crippen LogP contribution in [0.5, 0.6) is 0 Å². The van der Waals surface area contributed by atoms with Crippen LogP contribution in [-0.4, -0.2) is 25.0 Å². The molecule has 1 aromatic heterocycles. The maximum absolute atomic E-state index is 13.1. The van der Waals surface area contributed by atoms with Crippen LogP contribution in [0.4, 0.5) is 5.69 Å². The number of rotatable bonds is 5. The van der Waals surface area contributed by atoms with E-state index in [4.69, 9.17) is 0 Å². The minimum absolute atomic E-state index is 0.0802. The molecular formula is C22H22N2O4S. The number of benzene rings is 2. The first-order valence-corrected chi connectivity index (χ1v) is 11.1. The Balaban J connectivity index is 1.77. The van der Waals surface area contributed by atoms with E-state index in [-0.39, 0.29) is 16.5 Å². The molecule has 0 spiro atoms. The van der Waals surface area contributed by atoms with Crippen LogP contribution >= 0.6 is 0 Å². The van der Waals surface area contributed by atoms with E-state index >= 15 is 0 Å². The van der Waals surface area contributed by atoms with Crippen molar-refractivity contribution < 1.29 is 18.0 Å². The lowest BCUT2D eigenvalue weighted by Crippen LogP contribution is -2.15. The molecule has 29 heavy (non-hydrogen) atoms. The number of Topliss-reactive ketones (excluding diaryl/α,β-unsaturated/α-hetero) is 2. The number of hydrogen-bond donors (Lipinski definition) is 2. The third kappa shape index (κ3) is 3.46. The van der Waals surface area contributed by atoms with Gasteiger partial charge in [-0.2, -0.15) is 0 Å². The molecule has 1 aliphatic carbocycles. The average Bonchev–Trinajstić information content (AvgIpc) is 3.05. The minimum atomic E-state index is -3.84. The molecule has 0 unspecified atom stereocenters. The number of sulfonamides is 1. The van der Waals surface area contributed by atoms with E-state index in [9.17, 15) is 18.0 Å². The van der Waals surface area contributed by atoms with Gasteiger partial charge in [0.1, 0.15) is 0 Å². The van der Waals surface area contributed by atoms with Crippen molar-refractivity contribution in [3.05, 3.63) is 58.8 Å². The van der Waals surface area contributed by atoms with Crippen molar-refractivity contribution in [1.82, 2.24) is 4.98 Å². The average molecular weight is 410 g/mol. The van der Waals surface area contributed by atoms with Crippen molar-refractivity contribution in [1.29, 1.82) is 0 Å². The quantitative estimate of drug-likeness (QED) is 0.615. The first-order valence-electron chi connectivity index (χ1n) is 9.64. The molecule has 0 fully saturated rings. The normalized spacial score (nSPS) is 14.1. The fourth-order valence-corrected chi connectivity index (χ4v) is 5.27. The molecular weight excluding hydrogens is 388 g/mol. The van der Waals surface area contributed by atoms with Gasteiger partial charge in [0.15, 0.2) is 11.6 Å². The molecule has 0 bridgehead atoms. The van der Waals surface area contributed by atoms with Crippen molar-refractivity contribution in [2.75, 3.05) is 4.72 Å². The molecule has 7 heteroatoms. The second-order valence-corrected chi connectivity index (χ2v) is 9.00. The van der Waals surface area contributed by atoms with Crippen LogP contribution in [-0.2, 0) is 22.9 Å². The summed E-state index contributed by atoms with van der Waals surface area (Å²) in [5, 5.41) is 0.798. The van der Waals surface area contributed by atoms with Gasteiger partial charge >= 0.3 is 0 Å². The van der Waals surface area contributed by atoms with E-state index in [2.05, 4.69) is 9.71 Å². The SMILES string of the molecule is CCc1cc2c3c([nH]c2cc1S(=O)(=O)Nc1ccc(C(C)=O)cc1)CCCC3=O. The molecule has 2 aromatic carbocycles. The lowest BCUT2D eigenvalue weighted by molar-refractivity contribution is 0.0972. The van der Waals surface area contributed by atoms with E-state index in [1.54, 1.807) is 30.3 Å². The zero-order valence-electron chi connectivity index (χ0n) is 16.3. The molecule has 4 rings (SSSR count). The van der Waals surface area contributed by atoms with Crippen molar-refractivity contribution in [3.8, 4) is 0 Å². The molecule has 0 aliphatic heterocycles. The first kappa shape index (κ1) is 19.4. The summed E-state index contributed by atoms with van der Waals surface area (Å²) in [6, 6.07) is 9.77. The fraction of sp³-hybridized carbons (Fsp3) is 0.273. The van der Waals surface area contributed by atoms with Crippen molar-refractivity contribution >= 4 is 38.2 Å². The molecule has 1 aliphatic rings. The van der Waals surface area contributed by atoms with Gasteiger partial charge in [-0.1, -0.05) is 6.92 Å². The molecule has 0 amide bonds. The van der Waals surface area contributed by atoms with Gasteiger partial charge in [-0.25, -0.2) is 8.42 Å². The summed E-state index contributed by atoms with van der Waals surface area (Å²) < 4.78 is 28.8. The highest BCUT2D eigenvalue weighted by molar-refractivity contribution is 7.92. The Labute approximate surface area is 169 Å². The van der Waals surface area contributed by atoms with Crippen LogP contribution in [0, 0.1) is 0 Å². The molecule has 0 atom stereocenters. The summed E-state index contributed by atoms with van der Waals surface area (Å²) >= 11 is 0. The van der Waals surface area contributed by atoms with E-state index < -0.39 is 10.0 Å². The summed E-state index contributed by atoms with van der Waals surface area (Å²) in [6.45, 7) is 3.35. The largest absolute Gasteiger partial charge is 0.358 e. The van der Waals surface area contributed by atoms with Crippen molar-refractivity contribution in [3.63, 3.8) is 0 Å². The molecule has 6 nitrogen and oxygen atoms in total. The van der Waals surface area contributed by atoms with Crippen LogP contribution in [0.15, 0.2) is 41.3 Å². The standard InChI is InChI=1S/C22H22N2O4S/c1-3-14-11-17-19(23-18-5-4-6-20(26)22(17)18)12-21(14)29(27,28)24-16-9-7-15(8-10-16)13(2)25/h7-12,23-24H,3-6H2,1-2H3. The fourth-order valence-electron chi connectivity index (χ4n) is 3.89. The second-order valence-electron chi connectivity index (χ2n) is 7.35. The highest BCUT2D eigenvalue weighted by Crippen LogP contribution is 2.33. The number of nitrogens with one attached hydrogen (secondary N) is 2. The molecule has 2 N–H and O–H groups in total. The van der Waals surface area contributed by atoms with Crippen LogP contribution < -0.4 is 4.72 Å². The molecule has 0 saturated carbocycles. The van der Waals surface area contributed by atoms with Gasteiger partial charge in [0.2, 0.25) is 0 Å². The van der Waals surface area contributed by atoms with Crippen LogP contribution in [0.25, 0.3) is 10.9 Å². The third-order valence-electron chi connectivity index (χ3n) is 5.38. The number of carbonyl (C=O) groups excluding carboxylic acids is 2. The third-order valence-corrected chi connectivity index (χ3v) is 6.84. The number of aryl methyl sites for hydroxylation is 2. The number of anilines is 1. The van der Waals surface area contributed by atoms with E-state index in [0.717, 1.165) is 23.9 Å². The number of ketones is 2. The first-order chi connectivity index (χ1) is 13.8. The highest BCUT2D eigenvalue weighted by Gasteiger charge is 2.26. The predicted octanol–water partition coefficient (Wildman–Crippen LogP) is 4.25. The minimum Gasteiger partial charge on any atom is -0.358 e. The van der Waals surface area contributed by atoms with Gasteiger partial charge < -0.3 is 4.98 Å². The maximum Gasteiger partial charge on any atom is 0.262 e. The predicted molar refractivity (Wildman–Crippen MR) is 112 cm³/mol. The van der Waals surface area contributed by atoms with Gasteiger partial charge in [-0.3, -0.25) is 14.3 Å². The lowest BCUT2D eigenvalue weighted by atomic mass is 9.94. The molecule has 0 radical (unpaired) electrons. The van der Waals surface area contributed by atoms with Crippen molar-refractivity contribution in [2.45, 2.75) is 44.4 Å². The second kappa shape index (κ2) is 7.15. The van der Waals surface area contributed by atoms with Gasteiger partial charge in [0.05, 0.1) is 4.90 Å². The number of fused-ring (bicyclic) bond motifs is 3. The van der Waals surface area contributed by atoms with Crippen LogP contribution in [0.3, 0.4) is 0 Å². The van der Waals surface area contributed by atoms with Crippen LogP contribution in [0.1, 0.15) is 58.7 Å². The highest BCUT2D eigenvalue weighted by atomic mass is 32.2. The Bertz CT molecular complexity index is 1240. The smallest absolute Gasteiger partial charge is 0.262 e. The lowest BCUT2D eigenvalue weighted by Gasteiger charge is -2.13. The Hall–Kier alpha value is -2.93. The number of H-pyrrole nitrogens is 1. The maximum atomic E-state index is 13.1. The molecule has 1 heterocycles. The molecule has 3 aromatic rings. The number of aromatic nitrogens is 1. The zero-order valence-corrected chi connectivity index (χ0v) is 17.2. The van der Waals surface area contributed by atoms with Gasteiger partial charge in [-0.05, 0) is 68.1 Å². The van der Waals surface area contributed by atoms with Crippen molar-refractivity contribution in [2.24, 2.45) is 0 Å².